The van der Waals surface area contributed by atoms with Gasteiger partial charge in [0.25, 0.3) is 0 Å². The lowest BCUT2D eigenvalue weighted by molar-refractivity contribution is -0.160. The lowest BCUT2D eigenvalue weighted by Gasteiger charge is -2.26. The molecule has 0 aromatic heterocycles. The first kappa shape index (κ1) is 17.6. The maximum atomic E-state index is 13.0. The Morgan fingerprint density at radius 3 is 2.36 bits per heavy atom. The van der Waals surface area contributed by atoms with Gasteiger partial charge in [0.15, 0.2) is 0 Å². The van der Waals surface area contributed by atoms with Gasteiger partial charge < -0.3 is 9.84 Å². The lowest BCUT2D eigenvalue weighted by atomic mass is 9.94. The van der Waals surface area contributed by atoms with Crippen molar-refractivity contribution in [1.82, 2.24) is 0 Å². The van der Waals surface area contributed by atoms with Gasteiger partial charge in [-0.05, 0) is 54.5 Å². The number of cyclic esters (lactones) is 1. The third-order valence-electron chi connectivity index (χ3n) is 4.69. The number of ether oxygens (including phenoxy) is 1. The van der Waals surface area contributed by atoms with Gasteiger partial charge in [0.1, 0.15) is 11.9 Å². The van der Waals surface area contributed by atoms with Gasteiger partial charge in [-0.2, -0.15) is 0 Å². The van der Waals surface area contributed by atoms with Crippen LogP contribution in [0.1, 0.15) is 36.0 Å². The molecule has 1 saturated heterocycles. The Hall–Kier alpha value is -2.20. The average Bonchev–Trinajstić information content (AvgIpc) is 2.59. The summed E-state index contributed by atoms with van der Waals surface area (Å²) in [6.45, 7) is 0. The zero-order valence-electron chi connectivity index (χ0n) is 14.2. The number of carbonyl (C=O) groups is 1. The van der Waals surface area contributed by atoms with Gasteiger partial charge in [0.05, 0.1) is 12.5 Å². The van der Waals surface area contributed by atoms with Crippen LogP contribution in [0.5, 0.6) is 0 Å². The van der Waals surface area contributed by atoms with Crippen molar-refractivity contribution in [1.29, 1.82) is 0 Å². The van der Waals surface area contributed by atoms with Crippen molar-refractivity contribution in [3.63, 3.8) is 0 Å². The van der Waals surface area contributed by atoms with E-state index >= 15 is 0 Å². The third-order valence-corrected chi connectivity index (χ3v) is 4.69. The van der Waals surface area contributed by atoms with Crippen LogP contribution in [0, 0.1) is 5.82 Å². The highest BCUT2D eigenvalue weighted by atomic mass is 19.1. The Balaban J connectivity index is 1.58. The maximum Gasteiger partial charge on any atom is 0.308 e. The monoisotopic (exact) mass is 342 g/mol. The van der Waals surface area contributed by atoms with E-state index in [0.29, 0.717) is 6.42 Å². The third kappa shape index (κ3) is 5.13. The van der Waals surface area contributed by atoms with Crippen LogP contribution in [-0.4, -0.2) is 23.3 Å². The molecular weight excluding hydrogens is 319 g/mol. The molecule has 2 atom stereocenters. The van der Waals surface area contributed by atoms with Gasteiger partial charge in [-0.25, -0.2) is 4.39 Å². The quantitative estimate of drug-likeness (QED) is 0.816. The number of hydrogen-bond donors (Lipinski definition) is 1. The summed E-state index contributed by atoms with van der Waals surface area (Å²) in [7, 11) is 0. The maximum absolute atomic E-state index is 13.0. The topological polar surface area (TPSA) is 46.5 Å². The molecule has 1 fully saturated rings. The molecule has 0 spiro atoms. The van der Waals surface area contributed by atoms with E-state index in [1.54, 1.807) is 0 Å². The van der Waals surface area contributed by atoms with Gasteiger partial charge in [0, 0.05) is 6.42 Å². The molecule has 1 heterocycles. The van der Waals surface area contributed by atoms with Gasteiger partial charge in [-0.1, -0.05) is 36.4 Å². The van der Waals surface area contributed by atoms with E-state index in [4.69, 9.17) is 4.74 Å². The minimum absolute atomic E-state index is 0.102. The van der Waals surface area contributed by atoms with E-state index in [0.717, 1.165) is 31.2 Å². The fraction of sp³-hybridized carbons (Fsp3) is 0.381. The van der Waals surface area contributed by atoms with Crippen LogP contribution in [0.2, 0.25) is 0 Å². The van der Waals surface area contributed by atoms with Gasteiger partial charge in [-0.15, -0.1) is 0 Å². The molecule has 1 aliphatic heterocycles. The van der Waals surface area contributed by atoms with E-state index in [2.05, 4.69) is 12.1 Å². The van der Waals surface area contributed by atoms with Gasteiger partial charge >= 0.3 is 5.97 Å². The molecule has 3 nitrogen and oxygen atoms in total. The Morgan fingerprint density at radius 1 is 1.00 bits per heavy atom. The molecule has 0 saturated carbocycles. The molecule has 4 heteroatoms. The summed E-state index contributed by atoms with van der Waals surface area (Å²) in [6.07, 6.45) is 3.10. The van der Waals surface area contributed by atoms with Crippen LogP contribution >= 0.6 is 0 Å². The van der Waals surface area contributed by atoms with Crippen LogP contribution in [0.15, 0.2) is 48.5 Å². The second kappa shape index (κ2) is 8.26. The molecule has 0 unspecified atom stereocenters. The predicted molar refractivity (Wildman–Crippen MR) is 93.7 cm³/mol. The molecule has 0 aliphatic carbocycles. The van der Waals surface area contributed by atoms with Crippen LogP contribution in [0.25, 0.3) is 0 Å². The second-order valence-corrected chi connectivity index (χ2v) is 6.64. The van der Waals surface area contributed by atoms with Crippen LogP contribution in [0.3, 0.4) is 0 Å². The Kier molecular flexibility index (Phi) is 5.82. The zero-order chi connectivity index (χ0) is 17.6. The summed E-state index contributed by atoms with van der Waals surface area (Å²) in [6, 6.07) is 14.9. The number of carbonyl (C=O) groups excluding carboxylic acids is 1. The first-order valence-electron chi connectivity index (χ1n) is 8.79. The molecule has 0 radical (unpaired) electrons. The molecule has 25 heavy (non-hydrogen) atoms. The summed E-state index contributed by atoms with van der Waals surface area (Å²) in [4.78, 5) is 11.4. The fourth-order valence-electron chi connectivity index (χ4n) is 3.33. The van der Waals surface area contributed by atoms with Crippen LogP contribution in [-0.2, 0) is 28.8 Å². The highest BCUT2D eigenvalue weighted by molar-refractivity contribution is 5.70. The minimum atomic E-state index is -0.583. The van der Waals surface area contributed by atoms with Crippen molar-refractivity contribution >= 4 is 5.97 Å². The van der Waals surface area contributed by atoms with Crippen molar-refractivity contribution < 1.29 is 19.0 Å². The van der Waals surface area contributed by atoms with Gasteiger partial charge in [-0.3, -0.25) is 4.79 Å². The van der Waals surface area contributed by atoms with Gasteiger partial charge in [0.2, 0.25) is 0 Å². The summed E-state index contributed by atoms with van der Waals surface area (Å²) >= 11 is 0. The highest BCUT2D eigenvalue weighted by Gasteiger charge is 2.26. The molecule has 1 aliphatic rings. The van der Waals surface area contributed by atoms with E-state index in [-0.39, 0.29) is 24.3 Å². The molecular formula is C21H23FO3. The van der Waals surface area contributed by atoms with Crippen molar-refractivity contribution in [2.45, 2.75) is 50.7 Å². The number of hydrogen-bond acceptors (Lipinski definition) is 3. The number of esters is 1. The number of aliphatic hydroxyl groups excluding tert-OH is 1. The molecule has 1 N–H and O–H groups in total. The summed E-state index contributed by atoms with van der Waals surface area (Å²) in [5.74, 6) is -0.526. The predicted octanol–water partition coefficient (Wildman–Crippen LogP) is 3.61. The van der Waals surface area contributed by atoms with Crippen LogP contribution in [0.4, 0.5) is 4.39 Å². The second-order valence-electron chi connectivity index (χ2n) is 6.64. The highest BCUT2D eigenvalue weighted by Crippen LogP contribution is 2.21. The van der Waals surface area contributed by atoms with Crippen molar-refractivity contribution in [2.24, 2.45) is 0 Å². The normalized spacial score (nSPS) is 20.3. The average molecular weight is 342 g/mol. The Morgan fingerprint density at radius 2 is 1.68 bits per heavy atom. The first-order chi connectivity index (χ1) is 12.1. The summed E-state index contributed by atoms with van der Waals surface area (Å²) in [5, 5.41) is 9.70. The zero-order valence-corrected chi connectivity index (χ0v) is 14.2. The largest absolute Gasteiger partial charge is 0.462 e. The van der Waals surface area contributed by atoms with Crippen molar-refractivity contribution in [2.75, 3.05) is 0 Å². The van der Waals surface area contributed by atoms with E-state index < -0.39 is 6.10 Å². The lowest BCUT2D eigenvalue weighted by Crippen LogP contribution is -2.32. The minimum Gasteiger partial charge on any atom is -0.462 e. The molecule has 132 valence electrons. The molecule has 2 aromatic rings. The van der Waals surface area contributed by atoms with E-state index in [9.17, 15) is 14.3 Å². The smallest absolute Gasteiger partial charge is 0.308 e. The number of halogens is 1. The fourth-order valence-corrected chi connectivity index (χ4v) is 3.33. The standard InChI is InChI=1S/C21H23FO3/c22-18-10-6-15(7-11-18)5-8-16-3-1-2-4-17(16)9-12-20-13-19(23)14-21(24)25-20/h1-4,6-7,10-11,19-20,23H,5,8-9,12-14H2/t19-,20+/m1/s1. The number of aryl methyl sites for hydroxylation is 3. The van der Waals surface area contributed by atoms with Crippen LogP contribution < -0.4 is 0 Å². The van der Waals surface area contributed by atoms with E-state index in [1.807, 2.05) is 24.3 Å². The molecule has 2 aromatic carbocycles. The SMILES string of the molecule is O=C1C[C@H](O)C[C@H](CCc2ccccc2CCc2ccc(F)cc2)O1. The van der Waals surface area contributed by atoms with Crippen molar-refractivity contribution in [3.05, 3.63) is 71.0 Å². The summed E-state index contributed by atoms with van der Waals surface area (Å²) in [5.41, 5.74) is 3.61. The first-order valence-corrected chi connectivity index (χ1v) is 8.79. The van der Waals surface area contributed by atoms with Crippen molar-refractivity contribution in [3.8, 4) is 0 Å². The molecule has 3 rings (SSSR count). The Bertz CT molecular complexity index is 711. The summed E-state index contributed by atoms with van der Waals surface area (Å²) < 4.78 is 18.3. The molecule has 0 bridgehead atoms. The Labute approximate surface area is 147 Å². The molecule has 0 amide bonds. The number of benzene rings is 2. The number of rotatable bonds is 6. The van der Waals surface area contributed by atoms with E-state index in [1.165, 1.54) is 23.3 Å². The number of aliphatic hydroxyl groups is 1.